The smallest absolute Gasteiger partial charge is 0.227 e. The lowest BCUT2D eigenvalue weighted by molar-refractivity contribution is -0.132. The van der Waals surface area contributed by atoms with Gasteiger partial charge < -0.3 is 10.2 Å². The van der Waals surface area contributed by atoms with Crippen LogP contribution in [0.15, 0.2) is 84.9 Å². The topological polar surface area (TPSA) is 49.4 Å². The Balaban J connectivity index is 1.11. The van der Waals surface area contributed by atoms with Crippen LogP contribution in [0.1, 0.15) is 48.3 Å². The summed E-state index contributed by atoms with van der Waals surface area (Å²) in [6, 6.07) is 27.3. The van der Waals surface area contributed by atoms with E-state index in [9.17, 15) is 14.0 Å². The van der Waals surface area contributed by atoms with Crippen molar-refractivity contribution in [2.75, 3.05) is 19.6 Å². The number of likely N-dealkylation sites (tertiary alicyclic amines) is 1. The van der Waals surface area contributed by atoms with E-state index in [0.717, 1.165) is 25.7 Å². The van der Waals surface area contributed by atoms with Gasteiger partial charge in [-0.15, -0.1) is 0 Å². The maximum absolute atomic E-state index is 13.9. The van der Waals surface area contributed by atoms with Crippen LogP contribution in [-0.4, -0.2) is 36.3 Å². The Morgan fingerprint density at radius 2 is 1.47 bits per heavy atom. The Morgan fingerprint density at radius 3 is 2.08 bits per heavy atom. The SMILES string of the molecule is O=C(NCCC(c1ccccc1)c1ccccc1)[C@@H]1CC12CCN(C(=O)Cc1ccccc1F)CC2. The molecule has 3 aromatic carbocycles. The van der Waals surface area contributed by atoms with Crippen LogP contribution in [0.5, 0.6) is 0 Å². The zero-order valence-corrected chi connectivity index (χ0v) is 20.5. The summed E-state index contributed by atoms with van der Waals surface area (Å²) in [5.74, 6) is 0.0447. The zero-order valence-electron chi connectivity index (χ0n) is 20.5. The standard InChI is InChI=1S/C31H33FN2O2/c32-28-14-8-7-13-25(28)21-29(35)34-19-16-31(17-20-34)22-27(31)30(36)33-18-15-26(23-9-3-1-4-10-23)24-11-5-2-6-12-24/h1-14,26-27H,15-22H2,(H,33,36)/t27-/m0/s1. The summed E-state index contributed by atoms with van der Waals surface area (Å²) >= 11 is 0. The molecule has 0 bridgehead atoms. The predicted octanol–water partition coefficient (Wildman–Crippen LogP) is 5.34. The summed E-state index contributed by atoms with van der Waals surface area (Å²) in [4.78, 5) is 27.5. The summed E-state index contributed by atoms with van der Waals surface area (Å²) in [6.45, 7) is 1.91. The average molecular weight is 485 g/mol. The highest BCUT2D eigenvalue weighted by atomic mass is 19.1. The normalized spacial score (nSPS) is 18.3. The number of nitrogens with one attached hydrogen (secondary N) is 1. The minimum atomic E-state index is -0.333. The van der Waals surface area contributed by atoms with E-state index in [0.29, 0.717) is 25.2 Å². The third kappa shape index (κ3) is 5.35. The number of carbonyl (C=O) groups is 2. The van der Waals surface area contributed by atoms with Gasteiger partial charge >= 0.3 is 0 Å². The summed E-state index contributed by atoms with van der Waals surface area (Å²) in [5.41, 5.74) is 2.98. The monoisotopic (exact) mass is 484 g/mol. The van der Waals surface area contributed by atoms with Crippen LogP contribution in [0.2, 0.25) is 0 Å². The third-order valence-corrected chi connectivity index (χ3v) is 8.05. The van der Waals surface area contributed by atoms with Crippen molar-refractivity contribution in [2.24, 2.45) is 11.3 Å². The van der Waals surface area contributed by atoms with Crippen molar-refractivity contribution >= 4 is 11.8 Å². The van der Waals surface area contributed by atoms with Crippen LogP contribution in [0.4, 0.5) is 4.39 Å². The van der Waals surface area contributed by atoms with E-state index in [4.69, 9.17) is 0 Å². The van der Waals surface area contributed by atoms with E-state index in [-0.39, 0.29) is 41.3 Å². The van der Waals surface area contributed by atoms with Gasteiger partial charge in [0.2, 0.25) is 11.8 Å². The second kappa shape index (κ2) is 10.7. The van der Waals surface area contributed by atoms with Gasteiger partial charge in [0, 0.05) is 31.5 Å². The first-order valence-electron chi connectivity index (χ1n) is 12.9. The highest BCUT2D eigenvalue weighted by Gasteiger charge is 2.58. The molecule has 1 aliphatic heterocycles. The van der Waals surface area contributed by atoms with Crippen LogP contribution in [-0.2, 0) is 16.0 Å². The van der Waals surface area contributed by atoms with Gasteiger partial charge in [-0.05, 0) is 53.9 Å². The van der Waals surface area contributed by atoms with E-state index in [1.807, 2.05) is 17.0 Å². The Morgan fingerprint density at radius 1 is 0.889 bits per heavy atom. The van der Waals surface area contributed by atoms with Crippen molar-refractivity contribution in [1.29, 1.82) is 0 Å². The highest BCUT2D eigenvalue weighted by molar-refractivity contribution is 5.83. The Labute approximate surface area is 212 Å². The van der Waals surface area contributed by atoms with Gasteiger partial charge in [-0.3, -0.25) is 9.59 Å². The molecule has 2 fully saturated rings. The number of benzene rings is 3. The van der Waals surface area contributed by atoms with Gasteiger partial charge in [-0.25, -0.2) is 4.39 Å². The molecule has 0 aromatic heterocycles. The maximum Gasteiger partial charge on any atom is 0.227 e. The molecule has 36 heavy (non-hydrogen) atoms. The lowest BCUT2D eigenvalue weighted by atomic mass is 9.88. The van der Waals surface area contributed by atoms with Crippen molar-refractivity contribution in [2.45, 2.75) is 38.0 Å². The number of hydrogen-bond donors (Lipinski definition) is 1. The van der Waals surface area contributed by atoms with Crippen molar-refractivity contribution in [1.82, 2.24) is 10.2 Å². The molecule has 1 atom stereocenters. The molecule has 1 aliphatic carbocycles. The molecule has 2 amide bonds. The van der Waals surface area contributed by atoms with Gasteiger partial charge in [0.1, 0.15) is 5.82 Å². The first kappa shape index (κ1) is 24.2. The first-order valence-corrected chi connectivity index (χ1v) is 12.9. The van der Waals surface area contributed by atoms with Crippen LogP contribution < -0.4 is 5.32 Å². The fourth-order valence-electron chi connectivity index (χ4n) is 5.75. The first-order chi connectivity index (χ1) is 17.6. The second-order valence-corrected chi connectivity index (χ2v) is 10.2. The average Bonchev–Trinajstić information content (AvgIpc) is 3.62. The summed E-state index contributed by atoms with van der Waals surface area (Å²) < 4.78 is 13.9. The van der Waals surface area contributed by atoms with E-state index >= 15 is 0 Å². The molecule has 1 saturated carbocycles. The lowest BCUT2D eigenvalue weighted by Crippen LogP contribution is -2.41. The number of amides is 2. The minimum Gasteiger partial charge on any atom is -0.356 e. The predicted molar refractivity (Wildman–Crippen MR) is 139 cm³/mol. The number of piperidine rings is 1. The van der Waals surface area contributed by atoms with Gasteiger partial charge in [0.05, 0.1) is 6.42 Å². The quantitative estimate of drug-likeness (QED) is 0.470. The fourth-order valence-corrected chi connectivity index (χ4v) is 5.75. The molecule has 2 aliphatic rings. The van der Waals surface area contributed by atoms with Crippen LogP contribution in [0.3, 0.4) is 0 Å². The molecule has 1 N–H and O–H groups in total. The van der Waals surface area contributed by atoms with E-state index in [2.05, 4.69) is 53.8 Å². The van der Waals surface area contributed by atoms with E-state index < -0.39 is 0 Å². The second-order valence-electron chi connectivity index (χ2n) is 10.2. The molecule has 5 heteroatoms. The largest absolute Gasteiger partial charge is 0.356 e. The fraction of sp³-hybridized carbons (Fsp3) is 0.355. The molecule has 5 rings (SSSR count). The molecule has 4 nitrogen and oxygen atoms in total. The summed E-state index contributed by atoms with van der Waals surface area (Å²) in [5, 5.41) is 3.20. The van der Waals surface area contributed by atoms with Crippen molar-refractivity contribution in [3.05, 3.63) is 107 Å². The number of halogens is 1. The molecule has 0 radical (unpaired) electrons. The molecule has 1 spiro atoms. The van der Waals surface area contributed by atoms with E-state index in [1.54, 1.807) is 18.2 Å². The summed E-state index contributed by atoms with van der Waals surface area (Å²) in [7, 11) is 0. The molecule has 186 valence electrons. The Kier molecular flexibility index (Phi) is 7.17. The van der Waals surface area contributed by atoms with Crippen LogP contribution in [0, 0.1) is 17.2 Å². The van der Waals surface area contributed by atoms with Crippen molar-refractivity contribution in [3.63, 3.8) is 0 Å². The number of hydrogen-bond acceptors (Lipinski definition) is 2. The van der Waals surface area contributed by atoms with Gasteiger partial charge in [-0.2, -0.15) is 0 Å². The van der Waals surface area contributed by atoms with Crippen molar-refractivity contribution < 1.29 is 14.0 Å². The molecule has 1 saturated heterocycles. The van der Waals surface area contributed by atoms with Gasteiger partial charge in [-0.1, -0.05) is 78.9 Å². The molecule has 3 aromatic rings. The number of carbonyl (C=O) groups excluding carboxylic acids is 2. The summed E-state index contributed by atoms with van der Waals surface area (Å²) in [6.07, 6.45) is 3.51. The molecular formula is C31H33FN2O2. The Hall–Kier alpha value is -3.47. The van der Waals surface area contributed by atoms with E-state index in [1.165, 1.54) is 17.2 Å². The highest BCUT2D eigenvalue weighted by Crippen LogP contribution is 2.59. The minimum absolute atomic E-state index is 0.0249. The van der Waals surface area contributed by atoms with Crippen LogP contribution >= 0.6 is 0 Å². The number of rotatable bonds is 8. The molecule has 0 unspecified atom stereocenters. The van der Waals surface area contributed by atoms with Crippen LogP contribution in [0.25, 0.3) is 0 Å². The zero-order chi connectivity index (χ0) is 25.0. The molecule has 1 heterocycles. The lowest BCUT2D eigenvalue weighted by Gasteiger charge is -2.33. The third-order valence-electron chi connectivity index (χ3n) is 8.05. The molecular weight excluding hydrogens is 451 g/mol. The maximum atomic E-state index is 13.9. The van der Waals surface area contributed by atoms with Gasteiger partial charge in [0.15, 0.2) is 0 Å². The number of nitrogens with zero attached hydrogens (tertiary/aromatic N) is 1. The van der Waals surface area contributed by atoms with Gasteiger partial charge in [0.25, 0.3) is 0 Å². The Bertz CT molecular complexity index is 1150. The van der Waals surface area contributed by atoms with Crippen molar-refractivity contribution in [3.8, 4) is 0 Å².